The van der Waals surface area contributed by atoms with Crippen LogP contribution in [0.1, 0.15) is 90.6 Å². The summed E-state index contributed by atoms with van der Waals surface area (Å²) in [7, 11) is 1.79. The van der Waals surface area contributed by atoms with Crippen molar-refractivity contribution in [3.63, 3.8) is 0 Å². The molecule has 2 nitrogen and oxygen atoms in total. The third-order valence-electron chi connectivity index (χ3n) is 8.34. The average Bonchev–Trinajstić information content (AvgIpc) is 2.83. The van der Waals surface area contributed by atoms with Gasteiger partial charge in [0.2, 0.25) is 11.4 Å². The van der Waals surface area contributed by atoms with Crippen LogP contribution in [0.3, 0.4) is 0 Å². The van der Waals surface area contributed by atoms with Gasteiger partial charge in [-0.25, -0.2) is 0 Å². The fourth-order valence-electron chi connectivity index (χ4n) is 6.52. The van der Waals surface area contributed by atoms with Gasteiger partial charge in [-0.3, -0.25) is 0 Å². The second kappa shape index (κ2) is 6.17. The van der Waals surface area contributed by atoms with Crippen LogP contribution in [0.4, 0.5) is 0 Å². The molecule has 0 fully saturated rings. The Labute approximate surface area is 177 Å². The minimum Gasteiger partial charge on any atom is -0.374 e. The Bertz CT molecular complexity index is 982. The number of benzene rings is 1. The van der Waals surface area contributed by atoms with Crippen molar-refractivity contribution >= 4 is 0 Å². The van der Waals surface area contributed by atoms with Crippen molar-refractivity contribution in [1.82, 2.24) is 0 Å². The Balaban J connectivity index is 2.12. The Morgan fingerprint density at radius 1 is 0.897 bits per heavy atom. The Morgan fingerprint density at radius 3 is 2.10 bits per heavy atom. The Hall–Kier alpha value is -1.67. The lowest BCUT2D eigenvalue weighted by Crippen LogP contribution is -2.68. The Morgan fingerprint density at radius 2 is 1.52 bits per heavy atom. The summed E-state index contributed by atoms with van der Waals surface area (Å²) in [5.74, 6) is 0. The lowest BCUT2D eigenvalue weighted by atomic mass is 9.62. The van der Waals surface area contributed by atoms with Crippen LogP contribution < -0.4 is 4.57 Å². The zero-order chi connectivity index (χ0) is 21.4. The van der Waals surface area contributed by atoms with Crippen LogP contribution in [-0.4, -0.2) is 7.11 Å². The van der Waals surface area contributed by atoms with E-state index in [2.05, 4.69) is 90.3 Å². The van der Waals surface area contributed by atoms with Crippen molar-refractivity contribution < 1.29 is 9.30 Å². The lowest BCUT2D eigenvalue weighted by molar-refractivity contribution is -0.771. The molecule has 4 rings (SSSR count). The van der Waals surface area contributed by atoms with Gasteiger partial charge in [-0.2, -0.15) is 4.57 Å². The number of fused-ring (bicyclic) bond motifs is 4. The zero-order valence-electron chi connectivity index (χ0n) is 19.9. The molecule has 2 aromatic rings. The van der Waals surface area contributed by atoms with E-state index in [9.17, 15) is 0 Å². The minimum atomic E-state index is -0.0169. The lowest BCUT2D eigenvalue weighted by Gasteiger charge is -2.45. The van der Waals surface area contributed by atoms with Crippen molar-refractivity contribution in [2.75, 3.05) is 7.11 Å². The molecule has 29 heavy (non-hydrogen) atoms. The summed E-state index contributed by atoms with van der Waals surface area (Å²) in [6.45, 7) is 19.9. The summed E-state index contributed by atoms with van der Waals surface area (Å²) < 4.78 is 8.18. The molecule has 156 valence electrons. The molecule has 2 heteroatoms. The largest absolute Gasteiger partial charge is 0.374 e. The molecule has 0 saturated heterocycles. The van der Waals surface area contributed by atoms with Gasteiger partial charge >= 0.3 is 0 Å². The highest BCUT2D eigenvalue weighted by Gasteiger charge is 2.56. The van der Waals surface area contributed by atoms with Gasteiger partial charge in [0.25, 0.3) is 0 Å². The first-order chi connectivity index (χ1) is 13.4. The first-order valence-corrected chi connectivity index (χ1v) is 11.1. The quantitative estimate of drug-likeness (QED) is 0.570. The molecule has 0 amide bonds. The van der Waals surface area contributed by atoms with Crippen LogP contribution in [0.5, 0.6) is 0 Å². The molecule has 0 N–H and O–H groups in total. The third-order valence-corrected chi connectivity index (χ3v) is 8.34. The monoisotopic (exact) mass is 392 g/mol. The first kappa shape index (κ1) is 20.6. The number of hydrogen-bond donors (Lipinski definition) is 0. The van der Waals surface area contributed by atoms with E-state index in [1.165, 1.54) is 34.5 Å². The fraction of sp³-hybridized carbons (Fsp3) is 0.593. The van der Waals surface area contributed by atoms with Gasteiger partial charge in [-0.15, -0.1) is 0 Å². The van der Waals surface area contributed by atoms with Crippen molar-refractivity contribution in [3.05, 3.63) is 52.7 Å². The van der Waals surface area contributed by atoms with Gasteiger partial charge in [-0.1, -0.05) is 40.7 Å². The topological polar surface area (TPSA) is 13.1 Å². The zero-order valence-corrected chi connectivity index (χ0v) is 19.9. The SMILES string of the molecule is CCC1(C)[n+]2c(COC)cccc2-c2cc3c(cc2C1(C)C)C(C)(C)CC3(C)C. The molecular weight excluding hydrogens is 354 g/mol. The maximum atomic E-state index is 5.60. The van der Waals surface area contributed by atoms with E-state index < -0.39 is 0 Å². The van der Waals surface area contributed by atoms with Crippen LogP contribution >= 0.6 is 0 Å². The molecule has 0 saturated carbocycles. The number of ether oxygens (including phenoxy) is 1. The van der Waals surface area contributed by atoms with Crippen LogP contribution in [0, 0.1) is 0 Å². The summed E-state index contributed by atoms with van der Waals surface area (Å²) in [4.78, 5) is 0. The number of rotatable bonds is 3. The molecule has 1 aliphatic carbocycles. The number of hydrogen-bond acceptors (Lipinski definition) is 1. The molecule has 1 unspecified atom stereocenters. The maximum Gasteiger partial charge on any atom is 0.213 e. The first-order valence-electron chi connectivity index (χ1n) is 11.1. The predicted molar refractivity (Wildman–Crippen MR) is 120 cm³/mol. The molecule has 0 bridgehead atoms. The van der Waals surface area contributed by atoms with Crippen LogP contribution in [0.2, 0.25) is 0 Å². The predicted octanol–water partition coefficient (Wildman–Crippen LogP) is 6.16. The van der Waals surface area contributed by atoms with Gasteiger partial charge in [0, 0.05) is 32.6 Å². The molecule has 0 radical (unpaired) electrons. The summed E-state index contributed by atoms with van der Waals surface area (Å²) >= 11 is 0. The third kappa shape index (κ3) is 2.61. The molecule has 1 aliphatic heterocycles. The standard InChI is InChI=1S/C27H38NO/c1-10-27(8)26(6,7)20-15-22-21(24(2,3)17-25(22,4)5)14-19(20)23-13-11-12-18(16-29-9)28(23)27/h11-15H,10,16-17H2,1-9H3/q+1. The van der Waals surface area contributed by atoms with Crippen LogP contribution in [0.25, 0.3) is 11.3 Å². The minimum absolute atomic E-state index is 0.0104. The van der Waals surface area contributed by atoms with Crippen molar-refractivity contribution in [1.29, 1.82) is 0 Å². The van der Waals surface area contributed by atoms with Crippen molar-refractivity contribution in [3.8, 4) is 11.3 Å². The number of pyridine rings is 1. The van der Waals surface area contributed by atoms with Crippen LogP contribution in [-0.2, 0) is 33.1 Å². The highest BCUT2D eigenvalue weighted by atomic mass is 16.5. The second-order valence-electron chi connectivity index (χ2n) is 11.3. The average molecular weight is 393 g/mol. The highest BCUT2D eigenvalue weighted by molar-refractivity contribution is 5.69. The summed E-state index contributed by atoms with van der Waals surface area (Å²) in [6, 6.07) is 11.8. The van der Waals surface area contributed by atoms with Gasteiger partial charge in [0.05, 0.1) is 11.0 Å². The summed E-state index contributed by atoms with van der Waals surface area (Å²) in [6.07, 6.45) is 2.28. The summed E-state index contributed by atoms with van der Waals surface area (Å²) in [5.41, 5.74) is 9.00. The fourth-order valence-corrected chi connectivity index (χ4v) is 6.52. The van der Waals surface area contributed by atoms with E-state index in [0.717, 1.165) is 6.42 Å². The van der Waals surface area contributed by atoms with Crippen molar-refractivity contribution in [2.45, 2.75) is 96.6 Å². The highest BCUT2D eigenvalue weighted by Crippen LogP contribution is 2.55. The molecular formula is C27H38NO+. The number of nitrogens with zero attached hydrogens (tertiary/aromatic N) is 1. The molecule has 1 aromatic carbocycles. The van der Waals surface area contributed by atoms with Gasteiger partial charge in [0.1, 0.15) is 6.61 Å². The molecule has 2 aliphatic rings. The molecule has 2 heterocycles. The van der Waals surface area contributed by atoms with Gasteiger partial charge in [0.15, 0.2) is 5.54 Å². The van der Waals surface area contributed by atoms with Gasteiger partial charge in [-0.05, 0) is 59.9 Å². The van der Waals surface area contributed by atoms with Gasteiger partial charge < -0.3 is 4.74 Å². The second-order valence-corrected chi connectivity index (χ2v) is 11.3. The smallest absolute Gasteiger partial charge is 0.213 e. The Kier molecular flexibility index (Phi) is 4.38. The van der Waals surface area contributed by atoms with E-state index in [1.54, 1.807) is 12.7 Å². The van der Waals surface area contributed by atoms with E-state index in [1.807, 2.05) is 0 Å². The number of aromatic nitrogens is 1. The molecule has 1 atom stereocenters. The van der Waals surface area contributed by atoms with E-state index >= 15 is 0 Å². The summed E-state index contributed by atoms with van der Waals surface area (Å²) in [5, 5.41) is 0. The normalized spacial score (nSPS) is 25.3. The van der Waals surface area contributed by atoms with Crippen LogP contribution in [0.15, 0.2) is 30.3 Å². The molecule has 1 aromatic heterocycles. The molecule has 0 spiro atoms. The maximum absolute atomic E-state index is 5.60. The van der Waals surface area contributed by atoms with E-state index in [-0.39, 0.29) is 21.8 Å². The van der Waals surface area contributed by atoms with E-state index in [0.29, 0.717) is 6.61 Å². The van der Waals surface area contributed by atoms with E-state index in [4.69, 9.17) is 4.74 Å². The number of methoxy groups -OCH3 is 1. The van der Waals surface area contributed by atoms with Crippen molar-refractivity contribution in [2.24, 2.45) is 0 Å².